The van der Waals surface area contributed by atoms with Crippen molar-refractivity contribution in [3.05, 3.63) is 23.8 Å². The molecule has 0 spiro atoms. The van der Waals surface area contributed by atoms with Crippen LogP contribution in [0.1, 0.15) is 16.8 Å². The topological polar surface area (TPSA) is 67.6 Å². The predicted molar refractivity (Wildman–Crippen MR) is 74.0 cm³/mol. The second-order valence-electron chi connectivity index (χ2n) is 4.27. The highest BCUT2D eigenvalue weighted by molar-refractivity contribution is 6.00. The summed E-state index contributed by atoms with van der Waals surface area (Å²) < 4.78 is 4.93. The predicted octanol–water partition coefficient (Wildman–Crippen LogP) is 1.10. The van der Waals surface area contributed by atoms with Crippen molar-refractivity contribution < 1.29 is 9.53 Å². The molecule has 0 saturated heterocycles. The molecule has 1 rings (SSSR count). The fourth-order valence-electron chi connectivity index (χ4n) is 1.64. The van der Waals surface area contributed by atoms with Crippen LogP contribution in [0.4, 0.5) is 11.4 Å². The van der Waals surface area contributed by atoms with Crippen molar-refractivity contribution in [3.63, 3.8) is 0 Å². The average molecular weight is 251 g/mol. The summed E-state index contributed by atoms with van der Waals surface area (Å²) in [5, 5.41) is 2.86. The standard InChI is InChI=1S/C13H21N3O2/c1-16(2)12-6-5-10(14)9-11(12)13(17)15-7-4-8-18-3/h5-6,9H,4,7-8,14H2,1-3H3,(H,15,17). The number of benzene rings is 1. The number of anilines is 2. The second-order valence-corrected chi connectivity index (χ2v) is 4.27. The summed E-state index contributed by atoms with van der Waals surface area (Å²) in [5.74, 6) is -0.109. The summed E-state index contributed by atoms with van der Waals surface area (Å²) in [5.41, 5.74) is 7.76. The van der Waals surface area contributed by atoms with Gasteiger partial charge in [0.15, 0.2) is 0 Å². The Hall–Kier alpha value is -1.75. The molecule has 0 saturated carbocycles. The van der Waals surface area contributed by atoms with Gasteiger partial charge in [-0.2, -0.15) is 0 Å². The highest BCUT2D eigenvalue weighted by Crippen LogP contribution is 2.21. The number of hydrogen-bond acceptors (Lipinski definition) is 4. The van der Waals surface area contributed by atoms with Crippen LogP contribution in [-0.4, -0.2) is 40.3 Å². The molecule has 1 aromatic carbocycles. The van der Waals surface area contributed by atoms with E-state index >= 15 is 0 Å². The van der Waals surface area contributed by atoms with Crippen molar-refractivity contribution in [2.24, 2.45) is 0 Å². The molecule has 0 heterocycles. The number of hydrogen-bond donors (Lipinski definition) is 2. The zero-order valence-electron chi connectivity index (χ0n) is 11.2. The quantitative estimate of drug-likeness (QED) is 0.587. The van der Waals surface area contributed by atoms with Gasteiger partial charge in [-0.15, -0.1) is 0 Å². The maximum absolute atomic E-state index is 12.1. The third-order valence-electron chi connectivity index (χ3n) is 2.56. The minimum Gasteiger partial charge on any atom is -0.399 e. The fourth-order valence-corrected chi connectivity index (χ4v) is 1.64. The van der Waals surface area contributed by atoms with Crippen LogP contribution in [0.15, 0.2) is 18.2 Å². The molecule has 1 amide bonds. The van der Waals surface area contributed by atoms with Gasteiger partial charge in [-0.3, -0.25) is 4.79 Å². The van der Waals surface area contributed by atoms with Gasteiger partial charge in [0.2, 0.25) is 0 Å². The van der Waals surface area contributed by atoms with E-state index in [0.717, 1.165) is 12.1 Å². The van der Waals surface area contributed by atoms with Gasteiger partial charge in [-0.05, 0) is 24.6 Å². The van der Waals surface area contributed by atoms with Crippen molar-refractivity contribution in [1.82, 2.24) is 5.32 Å². The number of nitrogens with zero attached hydrogens (tertiary/aromatic N) is 1. The molecule has 0 unspecified atom stereocenters. The van der Waals surface area contributed by atoms with Crippen LogP contribution in [0.2, 0.25) is 0 Å². The summed E-state index contributed by atoms with van der Waals surface area (Å²) >= 11 is 0. The minimum atomic E-state index is -0.109. The van der Waals surface area contributed by atoms with E-state index in [0.29, 0.717) is 24.4 Å². The third-order valence-corrected chi connectivity index (χ3v) is 2.56. The van der Waals surface area contributed by atoms with E-state index in [9.17, 15) is 4.79 Å². The summed E-state index contributed by atoms with van der Waals surface area (Å²) in [7, 11) is 5.43. The molecule has 0 bridgehead atoms. The molecule has 5 nitrogen and oxygen atoms in total. The van der Waals surface area contributed by atoms with Gasteiger partial charge in [0.05, 0.1) is 5.56 Å². The second kappa shape index (κ2) is 6.86. The molecular weight excluding hydrogens is 230 g/mol. The van der Waals surface area contributed by atoms with E-state index in [-0.39, 0.29) is 5.91 Å². The summed E-state index contributed by atoms with van der Waals surface area (Å²) in [4.78, 5) is 13.9. The van der Waals surface area contributed by atoms with Crippen molar-refractivity contribution >= 4 is 17.3 Å². The number of carbonyl (C=O) groups excluding carboxylic acids is 1. The molecule has 0 aliphatic rings. The monoisotopic (exact) mass is 251 g/mol. The average Bonchev–Trinajstić information content (AvgIpc) is 2.34. The molecule has 0 atom stereocenters. The maximum atomic E-state index is 12.1. The van der Waals surface area contributed by atoms with Crippen molar-refractivity contribution in [3.8, 4) is 0 Å². The zero-order valence-corrected chi connectivity index (χ0v) is 11.2. The first-order chi connectivity index (χ1) is 8.56. The number of carbonyl (C=O) groups is 1. The van der Waals surface area contributed by atoms with Gasteiger partial charge in [0.25, 0.3) is 5.91 Å². The fraction of sp³-hybridized carbons (Fsp3) is 0.462. The third kappa shape index (κ3) is 3.92. The van der Waals surface area contributed by atoms with Gasteiger partial charge in [0, 0.05) is 45.7 Å². The Morgan fingerprint density at radius 3 is 2.78 bits per heavy atom. The number of ether oxygens (including phenoxy) is 1. The molecule has 0 aliphatic carbocycles. The molecule has 100 valence electrons. The zero-order chi connectivity index (χ0) is 13.5. The van der Waals surface area contributed by atoms with E-state index < -0.39 is 0 Å². The number of nitrogen functional groups attached to an aromatic ring is 1. The molecule has 0 aromatic heterocycles. The number of methoxy groups -OCH3 is 1. The van der Waals surface area contributed by atoms with E-state index in [4.69, 9.17) is 10.5 Å². The minimum absolute atomic E-state index is 0.109. The molecule has 3 N–H and O–H groups in total. The highest BCUT2D eigenvalue weighted by Gasteiger charge is 2.12. The summed E-state index contributed by atoms with van der Waals surface area (Å²) in [6, 6.07) is 5.33. The Labute approximate surface area is 108 Å². The first-order valence-corrected chi connectivity index (χ1v) is 5.90. The molecule has 18 heavy (non-hydrogen) atoms. The van der Waals surface area contributed by atoms with E-state index in [1.807, 2.05) is 25.1 Å². The van der Waals surface area contributed by atoms with Crippen LogP contribution in [-0.2, 0) is 4.74 Å². The van der Waals surface area contributed by atoms with Gasteiger partial charge in [-0.1, -0.05) is 0 Å². The van der Waals surface area contributed by atoms with Crippen LogP contribution in [0.25, 0.3) is 0 Å². The first-order valence-electron chi connectivity index (χ1n) is 5.90. The number of rotatable bonds is 6. The van der Waals surface area contributed by atoms with Crippen LogP contribution < -0.4 is 16.0 Å². The lowest BCUT2D eigenvalue weighted by atomic mass is 10.1. The SMILES string of the molecule is COCCCNC(=O)c1cc(N)ccc1N(C)C. The number of nitrogens with one attached hydrogen (secondary N) is 1. The number of nitrogens with two attached hydrogens (primary N) is 1. The number of amides is 1. The van der Waals surface area contributed by atoms with Gasteiger partial charge < -0.3 is 20.7 Å². The Kier molecular flexibility index (Phi) is 5.45. The Balaban J connectivity index is 2.74. The van der Waals surface area contributed by atoms with E-state index in [1.54, 1.807) is 19.2 Å². The Morgan fingerprint density at radius 2 is 2.17 bits per heavy atom. The summed E-state index contributed by atoms with van der Waals surface area (Å²) in [6.07, 6.45) is 0.794. The molecular formula is C13H21N3O2. The van der Waals surface area contributed by atoms with Crippen molar-refractivity contribution in [2.75, 3.05) is 45.0 Å². The van der Waals surface area contributed by atoms with Gasteiger partial charge in [-0.25, -0.2) is 0 Å². The van der Waals surface area contributed by atoms with Crippen molar-refractivity contribution in [1.29, 1.82) is 0 Å². The van der Waals surface area contributed by atoms with Crippen LogP contribution in [0.5, 0.6) is 0 Å². The molecule has 0 radical (unpaired) electrons. The lowest BCUT2D eigenvalue weighted by molar-refractivity contribution is 0.0949. The summed E-state index contributed by atoms with van der Waals surface area (Å²) in [6.45, 7) is 1.23. The van der Waals surface area contributed by atoms with Crippen molar-refractivity contribution in [2.45, 2.75) is 6.42 Å². The Morgan fingerprint density at radius 1 is 1.44 bits per heavy atom. The lowest BCUT2D eigenvalue weighted by Crippen LogP contribution is -2.27. The molecule has 5 heteroatoms. The van der Waals surface area contributed by atoms with E-state index in [1.165, 1.54) is 0 Å². The largest absolute Gasteiger partial charge is 0.399 e. The normalized spacial score (nSPS) is 10.2. The van der Waals surface area contributed by atoms with Crippen LogP contribution in [0, 0.1) is 0 Å². The molecule has 1 aromatic rings. The molecule has 0 aliphatic heterocycles. The lowest BCUT2D eigenvalue weighted by Gasteiger charge is -2.17. The van der Waals surface area contributed by atoms with Crippen LogP contribution >= 0.6 is 0 Å². The maximum Gasteiger partial charge on any atom is 0.253 e. The smallest absolute Gasteiger partial charge is 0.253 e. The Bertz CT molecular complexity index is 405. The van der Waals surface area contributed by atoms with Gasteiger partial charge in [0.1, 0.15) is 0 Å². The molecule has 0 fully saturated rings. The first kappa shape index (κ1) is 14.3. The van der Waals surface area contributed by atoms with Gasteiger partial charge >= 0.3 is 0 Å². The van der Waals surface area contributed by atoms with E-state index in [2.05, 4.69) is 5.32 Å². The van der Waals surface area contributed by atoms with Crippen LogP contribution in [0.3, 0.4) is 0 Å². The highest BCUT2D eigenvalue weighted by atomic mass is 16.5.